The molecule has 0 bridgehead atoms. The third-order valence-corrected chi connectivity index (χ3v) is 2.50. The zero-order chi connectivity index (χ0) is 12.1. The molecule has 0 aliphatic rings. The summed E-state index contributed by atoms with van der Waals surface area (Å²) >= 11 is 0. The van der Waals surface area contributed by atoms with Crippen LogP contribution in [0.1, 0.15) is 11.1 Å². The summed E-state index contributed by atoms with van der Waals surface area (Å²) in [5, 5.41) is 9.02. The maximum Gasteiger partial charge on any atom is 0.101 e. The molecule has 0 amide bonds. The quantitative estimate of drug-likeness (QED) is 0.800. The van der Waals surface area contributed by atoms with Gasteiger partial charge in [-0.1, -0.05) is 0 Å². The minimum absolute atomic E-state index is 0.636. The summed E-state index contributed by atoms with van der Waals surface area (Å²) in [5.41, 5.74) is 2.62. The van der Waals surface area contributed by atoms with Gasteiger partial charge in [-0.25, -0.2) is 0 Å². The molecule has 0 aromatic carbocycles. The van der Waals surface area contributed by atoms with Crippen LogP contribution in [0.15, 0.2) is 43.0 Å². The van der Waals surface area contributed by atoms with Gasteiger partial charge in [0.25, 0.3) is 0 Å². The first-order valence-corrected chi connectivity index (χ1v) is 5.25. The highest BCUT2D eigenvalue weighted by atomic mass is 15.1. The Labute approximate surface area is 100 Å². The highest BCUT2D eigenvalue weighted by Gasteiger charge is 2.07. The highest BCUT2D eigenvalue weighted by Crippen LogP contribution is 2.18. The Morgan fingerprint density at radius 2 is 1.88 bits per heavy atom. The molecule has 2 aromatic rings. The van der Waals surface area contributed by atoms with E-state index in [9.17, 15) is 0 Å². The first-order chi connectivity index (χ1) is 8.31. The first-order valence-electron chi connectivity index (χ1n) is 5.25. The van der Waals surface area contributed by atoms with Gasteiger partial charge in [0.15, 0.2) is 0 Å². The summed E-state index contributed by atoms with van der Waals surface area (Å²) < 4.78 is 0. The smallest absolute Gasteiger partial charge is 0.101 e. The van der Waals surface area contributed by atoms with Gasteiger partial charge in [0, 0.05) is 32.2 Å². The van der Waals surface area contributed by atoms with Crippen LogP contribution < -0.4 is 4.90 Å². The highest BCUT2D eigenvalue weighted by molar-refractivity contribution is 5.57. The molecule has 0 aliphatic carbocycles. The van der Waals surface area contributed by atoms with Crippen LogP contribution in [0.3, 0.4) is 0 Å². The minimum Gasteiger partial charge on any atom is -0.368 e. The van der Waals surface area contributed by atoms with E-state index in [0.29, 0.717) is 5.56 Å². The van der Waals surface area contributed by atoms with Crippen molar-refractivity contribution in [3.8, 4) is 6.07 Å². The number of rotatable bonds is 3. The third kappa shape index (κ3) is 2.58. The molecule has 0 atom stereocenters. The summed E-state index contributed by atoms with van der Waals surface area (Å²) in [6, 6.07) is 7.80. The fourth-order valence-electron chi connectivity index (χ4n) is 1.63. The Bertz CT molecular complexity index is 531. The van der Waals surface area contributed by atoms with E-state index in [1.54, 1.807) is 30.9 Å². The predicted molar refractivity (Wildman–Crippen MR) is 65.3 cm³/mol. The molecule has 0 fully saturated rings. The Kier molecular flexibility index (Phi) is 3.31. The number of anilines is 1. The molecule has 2 aromatic heterocycles. The van der Waals surface area contributed by atoms with Gasteiger partial charge in [-0.15, -0.1) is 0 Å². The van der Waals surface area contributed by atoms with Crippen molar-refractivity contribution >= 4 is 5.69 Å². The predicted octanol–water partition coefficient (Wildman–Crippen LogP) is 1.98. The lowest BCUT2D eigenvalue weighted by atomic mass is 10.2. The van der Waals surface area contributed by atoms with Gasteiger partial charge in [0.05, 0.1) is 17.4 Å². The lowest BCUT2D eigenvalue weighted by Crippen LogP contribution is -2.17. The Morgan fingerprint density at radius 3 is 2.59 bits per heavy atom. The summed E-state index contributed by atoms with van der Waals surface area (Å²) in [7, 11) is 1.94. The van der Waals surface area contributed by atoms with Gasteiger partial charge in [0.2, 0.25) is 0 Å². The van der Waals surface area contributed by atoms with Crippen molar-refractivity contribution in [2.45, 2.75) is 6.54 Å². The van der Waals surface area contributed by atoms with E-state index in [0.717, 1.165) is 17.8 Å². The molecule has 0 saturated carbocycles. The normalized spacial score (nSPS) is 9.65. The van der Waals surface area contributed by atoms with Crippen molar-refractivity contribution in [1.29, 1.82) is 5.26 Å². The van der Waals surface area contributed by atoms with Gasteiger partial charge in [-0.05, 0) is 23.8 Å². The van der Waals surface area contributed by atoms with Crippen molar-refractivity contribution < 1.29 is 0 Å². The maximum absolute atomic E-state index is 9.02. The van der Waals surface area contributed by atoms with Crippen molar-refractivity contribution in [3.63, 3.8) is 0 Å². The summed E-state index contributed by atoms with van der Waals surface area (Å²) in [6.07, 6.45) is 6.86. The standard InChI is InChI=1S/C13H12N4/c1-17(10-11-2-5-15-6-3-11)13-9-16-7-4-12(13)8-14/h2-7,9H,10H2,1H3. The average molecular weight is 224 g/mol. The van der Waals surface area contributed by atoms with Gasteiger partial charge < -0.3 is 4.90 Å². The Balaban J connectivity index is 2.21. The van der Waals surface area contributed by atoms with E-state index in [-0.39, 0.29) is 0 Å². The van der Waals surface area contributed by atoms with Crippen LogP contribution in [-0.2, 0) is 6.54 Å². The maximum atomic E-state index is 9.02. The monoisotopic (exact) mass is 224 g/mol. The van der Waals surface area contributed by atoms with Crippen molar-refractivity contribution in [2.24, 2.45) is 0 Å². The number of hydrogen-bond donors (Lipinski definition) is 0. The topological polar surface area (TPSA) is 52.8 Å². The van der Waals surface area contributed by atoms with Crippen molar-refractivity contribution in [1.82, 2.24) is 9.97 Å². The second-order valence-corrected chi connectivity index (χ2v) is 3.72. The lowest BCUT2D eigenvalue weighted by Gasteiger charge is -2.19. The van der Waals surface area contributed by atoms with Crippen LogP contribution in [0, 0.1) is 11.3 Å². The lowest BCUT2D eigenvalue weighted by molar-refractivity contribution is 0.912. The average Bonchev–Trinajstić information content (AvgIpc) is 2.40. The van der Waals surface area contributed by atoms with E-state index in [2.05, 4.69) is 16.0 Å². The fraction of sp³-hybridized carbons (Fsp3) is 0.154. The summed E-state index contributed by atoms with van der Waals surface area (Å²) in [4.78, 5) is 10.0. The third-order valence-electron chi connectivity index (χ3n) is 2.50. The molecule has 2 heterocycles. The number of nitriles is 1. The molecule has 0 N–H and O–H groups in total. The largest absolute Gasteiger partial charge is 0.368 e. The molecule has 0 aliphatic heterocycles. The molecule has 17 heavy (non-hydrogen) atoms. The molecular formula is C13H12N4. The van der Waals surface area contributed by atoms with Crippen LogP contribution in [0.25, 0.3) is 0 Å². The molecule has 2 rings (SSSR count). The number of pyridine rings is 2. The van der Waals surface area contributed by atoms with Gasteiger partial charge in [-0.2, -0.15) is 5.26 Å². The van der Waals surface area contributed by atoms with Crippen molar-refractivity contribution in [2.75, 3.05) is 11.9 Å². The van der Waals surface area contributed by atoms with Gasteiger partial charge in [-0.3, -0.25) is 9.97 Å². The first kappa shape index (κ1) is 11.1. The molecular weight excluding hydrogens is 212 g/mol. The molecule has 0 saturated heterocycles. The van der Waals surface area contributed by atoms with Crippen molar-refractivity contribution in [3.05, 3.63) is 54.1 Å². The van der Waals surface area contributed by atoms with Gasteiger partial charge in [0.1, 0.15) is 6.07 Å². The molecule has 84 valence electrons. The molecule has 0 unspecified atom stereocenters. The van der Waals surface area contributed by atoms with E-state index >= 15 is 0 Å². The van der Waals surface area contributed by atoms with E-state index in [1.165, 1.54) is 0 Å². The van der Waals surface area contributed by atoms with Crippen LogP contribution in [0.5, 0.6) is 0 Å². The molecule has 0 spiro atoms. The summed E-state index contributed by atoms with van der Waals surface area (Å²) in [5.74, 6) is 0. The molecule has 0 radical (unpaired) electrons. The summed E-state index contributed by atoms with van der Waals surface area (Å²) in [6.45, 7) is 0.725. The molecule has 4 heteroatoms. The van der Waals surface area contributed by atoms with Crippen LogP contribution >= 0.6 is 0 Å². The minimum atomic E-state index is 0.636. The second kappa shape index (κ2) is 5.08. The van der Waals surface area contributed by atoms with Crippen LogP contribution in [0.4, 0.5) is 5.69 Å². The van der Waals surface area contributed by atoms with E-state index in [1.807, 2.05) is 24.1 Å². The molecule has 4 nitrogen and oxygen atoms in total. The fourth-order valence-corrected chi connectivity index (χ4v) is 1.63. The second-order valence-electron chi connectivity index (χ2n) is 3.72. The SMILES string of the molecule is CN(Cc1ccncc1)c1cnccc1C#N. The number of aromatic nitrogens is 2. The van der Waals surface area contributed by atoms with E-state index in [4.69, 9.17) is 5.26 Å². The van der Waals surface area contributed by atoms with Gasteiger partial charge >= 0.3 is 0 Å². The zero-order valence-corrected chi connectivity index (χ0v) is 9.54. The number of nitrogens with zero attached hydrogens (tertiary/aromatic N) is 4. The zero-order valence-electron chi connectivity index (χ0n) is 9.54. The van der Waals surface area contributed by atoms with E-state index < -0.39 is 0 Å². The van der Waals surface area contributed by atoms with Crippen LogP contribution in [-0.4, -0.2) is 17.0 Å². The van der Waals surface area contributed by atoms with Crippen LogP contribution in [0.2, 0.25) is 0 Å². The Hall–Kier alpha value is -2.41. The number of hydrogen-bond acceptors (Lipinski definition) is 4. The Morgan fingerprint density at radius 1 is 1.18 bits per heavy atom.